The predicted molar refractivity (Wildman–Crippen MR) is 96.1 cm³/mol. The second kappa shape index (κ2) is 9.88. The van der Waals surface area contributed by atoms with Gasteiger partial charge in [0, 0.05) is 0 Å². The Morgan fingerprint density at radius 1 is 1.00 bits per heavy atom. The first-order chi connectivity index (χ1) is 12.1. The summed E-state index contributed by atoms with van der Waals surface area (Å²) in [5.41, 5.74) is 6.81. The molecule has 0 bridgehead atoms. The Hall–Kier alpha value is -2.45. The highest BCUT2D eigenvalue weighted by atomic mass is 16.4. The number of carbonyl (C=O) groups excluding carboxylic acids is 2. The molecule has 0 heterocycles. The van der Waals surface area contributed by atoms with Crippen LogP contribution in [0.5, 0.6) is 0 Å². The third kappa shape index (κ3) is 6.45. The standard InChI is InChI=1S/C18H27N3O5/c1-10(2)14(17(24)21-15(11(3)22)18(25)26)20-16(23)13(19)9-12-7-5-4-6-8-12/h4-8,10-11,13-15,22H,9,19H2,1-3H3,(H,20,23)(H,21,24)(H,25,26). The molecular formula is C18H27N3O5. The highest BCUT2D eigenvalue weighted by Gasteiger charge is 2.31. The number of nitrogens with one attached hydrogen (secondary N) is 2. The number of carboxylic acid groups (broad SMARTS) is 1. The molecule has 0 aliphatic heterocycles. The van der Waals surface area contributed by atoms with Crippen LogP contribution in [-0.2, 0) is 20.8 Å². The van der Waals surface area contributed by atoms with Gasteiger partial charge in [-0.15, -0.1) is 0 Å². The van der Waals surface area contributed by atoms with E-state index in [1.54, 1.807) is 13.8 Å². The molecule has 0 radical (unpaired) electrons. The zero-order valence-electron chi connectivity index (χ0n) is 15.2. The number of hydrogen-bond donors (Lipinski definition) is 5. The molecule has 1 aromatic carbocycles. The number of rotatable bonds is 9. The molecule has 144 valence electrons. The fraction of sp³-hybridized carbons (Fsp3) is 0.500. The third-order valence-corrected chi connectivity index (χ3v) is 3.93. The van der Waals surface area contributed by atoms with Crippen LogP contribution in [-0.4, -0.2) is 52.2 Å². The minimum absolute atomic E-state index is 0.300. The van der Waals surface area contributed by atoms with Crippen molar-refractivity contribution < 1.29 is 24.6 Å². The van der Waals surface area contributed by atoms with E-state index in [0.29, 0.717) is 6.42 Å². The number of carbonyl (C=O) groups is 3. The van der Waals surface area contributed by atoms with Crippen molar-refractivity contribution in [2.75, 3.05) is 0 Å². The largest absolute Gasteiger partial charge is 0.480 e. The van der Waals surface area contributed by atoms with E-state index in [4.69, 9.17) is 10.8 Å². The first kappa shape index (κ1) is 21.6. The molecule has 8 nitrogen and oxygen atoms in total. The average molecular weight is 365 g/mol. The molecular weight excluding hydrogens is 338 g/mol. The molecule has 0 saturated carbocycles. The number of aliphatic hydroxyl groups is 1. The monoisotopic (exact) mass is 365 g/mol. The zero-order valence-corrected chi connectivity index (χ0v) is 15.2. The van der Waals surface area contributed by atoms with Gasteiger partial charge in [-0.05, 0) is 24.8 Å². The maximum atomic E-state index is 12.4. The molecule has 0 fully saturated rings. The zero-order chi connectivity index (χ0) is 19.9. The van der Waals surface area contributed by atoms with Crippen molar-refractivity contribution in [1.82, 2.24) is 10.6 Å². The maximum absolute atomic E-state index is 12.4. The number of benzene rings is 1. The van der Waals surface area contributed by atoms with Gasteiger partial charge in [-0.25, -0.2) is 4.79 Å². The molecule has 0 aliphatic rings. The van der Waals surface area contributed by atoms with Crippen LogP contribution >= 0.6 is 0 Å². The molecule has 1 aromatic rings. The van der Waals surface area contributed by atoms with E-state index in [1.165, 1.54) is 6.92 Å². The fourth-order valence-corrected chi connectivity index (χ4v) is 2.39. The van der Waals surface area contributed by atoms with E-state index in [-0.39, 0.29) is 5.92 Å². The van der Waals surface area contributed by atoms with Crippen molar-refractivity contribution in [3.63, 3.8) is 0 Å². The Bertz CT molecular complexity index is 619. The topological polar surface area (TPSA) is 142 Å². The van der Waals surface area contributed by atoms with Crippen LogP contribution in [0.15, 0.2) is 30.3 Å². The number of hydrogen-bond acceptors (Lipinski definition) is 5. The molecule has 0 spiro atoms. The van der Waals surface area contributed by atoms with Gasteiger partial charge in [-0.2, -0.15) is 0 Å². The highest BCUT2D eigenvalue weighted by Crippen LogP contribution is 2.06. The molecule has 8 heteroatoms. The van der Waals surface area contributed by atoms with Crippen molar-refractivity contribution in [1.29, 1.82) is 0 Å². The Morgan fingerprint density at radius 3 is 2.00 bits per heavy atom. The van der Waals surface area contributed by atoms with E-state index < -0.39 is 42.0 Å². The van der Waals surface area contributed by atoms with Gasteiger partial charge in [-0.1, -0.05) is 44.2 Å². The van der Waals surface area contributed by atoms with Crippen LogP contribution in [0.2, 0.25) is 0 Å². The highest BCUT2D eigenvalue weighted by molar-refractivity contribution is 5.92. The van der Waals surface area contributed by atoms with Gasteiger partial charge in [0.2, 0.25) is 11.8 Å². The lowest BCUT2D eigenvalue weighted by atomic mass is 10.0. The summed E-state index contributed by atoms with van der Waals surface area (Å²) in [7, 11) is 0. The van der Waals surface area contributed by atoms with E-state index in [1.807, 2.05) is 30.3 Å². The minimum Gasteiger partial charge on any atom is -0.480 e. The van der Waals surface area contributed by atoms with Crippen molar-refractivity contribution in [2.45, 2.75) is 51.4 Å². The summed E-state index contributed by atoms with van der Waals surface area (Å²) < 4.78 is 0. The second-order valence-electron chi connectivity index (χ2n) is 6.59. The smallest absolute Gasteiger partial charge is 0.328 e. The predicted octanol–water partition coefficient (Wildman–Crippen LogP) is -0.353. The van der Waals surface area contributed by atoms with Crippen molar-refractivity contribution >= 4 is 17.8 Å². The van der Waals surface area contributed by atoms with Crippen LogP contribution in [0.3, 0.4) is 0 Å². The van der Waals surface area contributed by atoms with E-state index in [2.05, 4.69) is 10.6 Å². The minimum atomic E-state index is -1.46. The number of amides is 2. The molecule has 0 aliphatic carbocycles. The van der Waals surface area contributed by atoms with Gasteiger partial charge < -0.3 is 26.6 Å². The summed E-state index contributed by atoms with van der Waals surface area (Å²) in [6.45, 7) is 4.69. The maximum Gasteiger partial charge on any atom is 0.328 e. The van der Waals surface area contributed by atoms with Gasteiger partial charge in [-0.3, -0.25) is 9.59 Å². The number of carboxylic acids is 1. The molecule has 0 saturated heterocycles. The Morgan fingerprint density at radius 2 is 1.54 bits per heavy atom. The second-order valence-corrected chi connectivity index (χ2v) is 6.59. The van der Waals surface area contributed by atoms with Crippen LogP contribution in [0.4, 0.5) is 0 Å². The summed E-state index contributed by atoms with van der Waals surface area (Å²) >= 11 is 0. The third-order valence-electron chi connectivity index (χ3n) is 3.93. The average Bonchev–Trinajstić information content (AvgIpc) is 2.56. The van der Waals surface area contributed by atoms with Gasteiger partial charge in [0.15, 0.2) is 6.04 Å². The van der Waals surface area contributed by atoms with E-state index in [9.17, 15) is 19.5 Å². The van der Waals surface area contributed by atoms with Gasteiger partial charge in [0.05, 0.1) is 12.1 Å². The summed E-state index contributed by atoms with van der Waals surface area (Å²) in [5, 5.41) is 23.4. The van der Waals surface area contributed by atoms with Gasteiger partial charge in [0.1, 0.15) is 6.04 Å². The van der Waals surface area contributed by atoms with Crippen molar-refractivity contribution in [2.24, 2.45) is 11.7 Å². The summed E-state index contributed by atoms with van der Waals surface area (Å²) in [6.07, 6.45) is -0.967. The first-order valence-electron chi connectivity index (χ1n) is 8.44. The van der Waals surface area contributed by atoms with Crippen LogP contribution in [0.1, 0.15) is 26.3 Å². The summed E-state index contributed by atoms with van der Waals surface area (Å²) in [6, 6.07) is 5.95. The normalized spacial score (nSPS) is 15.6. The SMILES string of the molecule is CC(C)C(NC(=O)C(N)Cc1ccccc1)C(=O)NC(C(=O)O)C(C)O. The molecule has 1 rings (SSSR count). The van der Waals surface area contributed by atoms with E-state index in [0.717, 1.165) is 5.56 Å². The number of aliphatic carboxylic acids is 1. The Balaban J connectivity index is 2.75. The lowest BCUT2D eigenvalue weighted by Crippen LogP contribution is -2.58. The Kier molecular flexibility index (Phi) is 8.21. The number of nitrogens with two attached hydrogens (primary N) is 1. The Labute approximate surface area is 152 Å². The van der Waals surface area contributed by atoms with Crippen molar-refractivity contribution in [3.05, 3.63) is 35.9 Å². The summed E-state index contributed by atoms with van der Waals surface area (Å²) in [5.74, 6) is -2.85. The van der Waals surface area contributed by atoms with E-state index >= 15 is 0 Å². The lowest BCUT2D eigenvalue weighted by molar-refractivity contribution is -0.145. The van der Waals surface area contributed by atoms with Crippen LogP contribution in [0, 0.1) is 5.92 Å². The molecule has 4 atom stereocenters. The number of aliphatic hydroxyl groups excluding tert-OH is 1. The molecule has 0 aromatic heterocycles. The molecule has 2 amide bonds. The molecule has 6 N–H and O–H groups in total. The summed E-state index contributed by atoms with van der Waals surface area (Å²) in [4.78, 5) is 35.8. The molecule has 26 heavy (non-hydrogen) atoms. The first-order valence-corrected chi connectivity index (χ1v) is 8.44. The lowest BCUT2D eigenvalue weighted by Gasteiger charge is -2.26. The van der Waals surface area contributed by atoms with Crippen LogP contribution in [0.25, 0.3) is 0 Å². The van der Waals surface area contributed by atoms with Gasteiger partial charge in [0.25, 0.3) is 0 Å². The molecule has 4 unspecified atom stereocenters. The van der Waals surface area contributed by atoms with Crippen molar-refractivity contribution in [3.8, 4) is 0 Å². The quantitative estimate of drug-likeness (QED) is 0.405. The fourth-order valence-electron chi connectivity index (χ4n) is 2.39. The van der Waals surface area contributed by atoms with Gasteiger partial charge >= 0.3 is 5.97 Å². The van der Waals surface area contributed by atoms with Crippen LogP contribution < -0.4 is 16.4 Å².